The summed E-state index contributed by atoms with van der Waals surface area (Å²) in [6.45, 7) is 5.63. The lowest BCUT2D eigenvalue weighted by molar-refractivity contribution is -0.134. The second-order valence-electron chi connectivity index (χ2n) is 6.27. The van der Waals surface area contributed by atoms with Gasteiger partial charge in [0.15, 0.2) is 6.10 Å². The van der Waals surface area contributed by atoms with Gasteiger partial charge < -0.3 is 4.74 Å². The van der Waals surface area contributed by atoms with E-state index < -0.39 is 6.10 Å². The maximum atomic E-state index is 12.1. The van der Waals surface area contributed by atoms with Crippen molar-refractivity contribution in [1.82, 2.24) is 10.9 Å². The second-order valence-corrected chi connectivity index (χ2v) is 6.27. The van der Waals surface area contributed by atoms with Crippen molar-refractivity contribution in [2.45, 2.75) is 59.0 Å². The molecule has 1 atom stereocenters. The first-order chi connectivity index (χ1) is 11.0. The summed E-state index contributed by atoms with van der Waals surface area (Å²) < 4.78 is 5.70. The lowest BCUT2D eigenvalue weighted by Crippen LogP contribution is -2.49. The molecule has 1 aromatic rings. The first-order valence-electron chi connectivity index (χ1n) is 8.31. The fourth-order valence-electron chi connectivity index (χ4n) is 2.79. The number of carbonyl (C=O) groups excluding carboxylic acids is 2. The lowest BCUT2D eigenvalue weighted by Gasteiger charge is -2.22. The van der Waals surface area contributed by atoms with Crippen LogP contribution in [-0.2, 0) is 9.59 Å². The van der Waals surface area contributed by atoms with Crippen LogP contribution in [-0.4, -0.2) is 17.9 Å². The van der Waals surface area contributed by atoms with Gasteiger partial charge in [-0.1, -0.05) is 31.4 Å². The average molecular weight is 318 g/mol. The highest BCUT2D eigenvalue weighted by Gasteiger charge is 2.22. The molecule has 0 heterocycles. The number of hydrazine groups is 1. The van der Waals surface area contributed by atoms with Crippen LogP contribution in [0.5, 0.6) is 5.75 Å². The summed E-state index contributed by atoms with van der Waals surface area (Å²) in [6.07, 6.45) is 4.47. The number of benzene rings is 1. The quantitative estimate of drug-likeness (QED) is 0.839. The van der Waals surface area contributed by atoms with E-state index in [4.69, 9.17) is 4.74 Å². The number of hydrogen-bond acceptors (Lipinski definition) is 3. The van der Waals surface area contributed by atoms with Crippen molar-refractivity contribution in [3.8, 4) is 5.75 Å². The molecule has 5 nitrogen and oxygen atoms in total. The van der Waals surface area contributed by atoms with Crippen molar-refractivity contribution in [2.75, 3.05) is 0 Å². The number of ether oxygens (including phenoxy) is 1. The summed E-state index contributed by atoms with van der Waals surface area (Å²) in [5, 5.41) is 0. The SMILES string of the molecule is Cc1cccc(O[C@@H](C)C(=O)NNC(=O)C2CCCCC2)c1C. The van der Waals surface area contributed by atoms with Crippen molar-refractivity contribution >= 4 is 11.8 Å². The van der Waals surface area contributed by atoms with Crippen molar-refractivity contribution in [3.63, 3.8) is 0 Å². The van der Waals surface area contributed by atoms with E-state index >= 15 is 0 Å². The Kier molecular flexibility index (Phi) is 6.02. The van der Waals surface area contributed by atoms with Gasteiger partial charge in [0.25, 0.3) is 5.91 Å². The monoisotopic (exact) mass is 318 g/mol. The van der Waals surface area contributed by atoms with Gasteiger partial charge in [0.05, 0.1) is 0 Å². The van der Waals surface area contributed by atoms with Crippen LogP contribution in [0.2, 0.25) is 0 Å². The molecule has 1 aromatic carbocycles. The van der Waals surface area contributed by atoms with Gasteiger partial charge >= 0.3 is 0 Å². The van der Waals surface area contributed by atoms with Crippen molar-refractivity contribution < 1.29 is 14.3 Å². The minimum atomic E-state index is -0.679. The Hall–Kier alpha value is -2.04. The van der Waals surface area contributed by atoms with Crippen LogP contribution in [0, 0.1) is 19.8 Å². The number of amides is 2. The standard InChI is InChI=1S/C18H26N2O3/c1-12-8-7-11-16(13(12)2)23-14(3)17(21)19-20-18(22)15-9-5-4-6-10-15/h7-8,11,14-15H,4-6,9-10H2,1-3H3,(H,19,21)(H,20,22)/t14-/m0/s1. The fraction of sp³-hybridized carbons (Fsp3) is 0.556. The topological polar surface area (TPSA) is 67.4 Å². The Bertz CT molecular complexity index is 565. The molecule has 1 aliphatic carbocycles. The highest BCUT2D eigenvalue weighted by Crippen LogP contribution is 2.23. The molecule has 126 valence electrons. The van der Waals surface area contributed by atoms with E-state index in [2.05, 4.69) is 10.9 Å². The van der Waals surface area contributed by atoms with E-state index in [9.17, 15) is 9.59 Å². The van der Waals surface area contributed by atoms with Gasteiger partial charge in [-0.3, -0.25) is 20.4 Å². The summed E-state index contributed by atoms with van der Waals surface area (Å²) in [4.78, 5) is 24.1. The Morgan fingerprint density at radius 3 is 2.52 bits per heavy atom. The molecule has 2 amide bonds. The maximum Gasteiger partial charge on any atom is 0.279 e. The van der Waals surface area contributed by atoms with Gasteiger partial charge in [-0.2, -0.15) is 0 Å². The molecule has 0 aliphatic heterocycles. The largest absolute Gasteiger partial charge is 0.481 e. The summed E-state index contributed by atoms with van der Waals surface area (Å²) in [5.74, 6) is 0.248. The molecule has 0 saturated heterocycles. The predicted octanol–water partition coefficient (Wildman–Crippen LogP) is 2.80. The van der Waals surface area contributed by atoms with E-state index in [0.29, 0.717) is 5.75 Å². The summed E-state index contributed by atoms with van der Waals surface area (Å²) in [5.41, 5.74) is 7.12. The average Bonchev–Trinajstić information content (AvgIpc) is 2.57. The summed E-state index contributed by atoms with van der Waals surface area (Å²) >= 11 is 0. The number of nitrogens with one attached hydrogen (secondary N) is 2. The molecule has 0 radical (unpaired) electrons. The zero-order valence-electron chi connectivity index (χ0n) is 14.1. The molecule has 23 heavy (non-hydrogen) atoms. The minimum absolute atomic E-state index is 0.0132. The fourth-order valence-corrected chi connectivity index (χ4v) is 2.79. The van der Waals surface area contributed by atoms with Crippen molar-refractivity contribution in [2.24, 2.45) is 5.92 Å². The minimum Gasteiger partial charge on any atom is -0.481 e. The number of carbonyl (C=O) groups is 2. The number of hydrogen-bond donors (Lipinski definition) is 2. The van der Waals surface area contributed by atoms with Gasteiger partial charge in [-0.15, -0.1) is 0 Å². The van der Waals surface area contributed by atoms with Gasteiger partial charge in [0.1, 0.15) is 5.75 Å². The molecule has 1 fully saturated rings. The first kappa shape index (κ1) is 17.3. The Morgan fingerprint density at radius 1 is 1.13 bits per heavy atom. The third-order valence-corrected chi connectivity index (χ3v) is 4.51. The van der Waals surface area contributed by atoms with Gasteiger partial charge in [0, 0.05) is 5.92 Å². The molecule has 2 rings (SSSR count). The smallest absolute Gasteiger partial charge is 0.279 e. The van der Waals surface area contributed by atoms with Gasteiger partial charge in [-0.05, 0) is 50.8 Å². The van der Waals surface area contributed by atoms with Crippen LogP contribution in [0.25, 0.3) is 0 Å². The third-order valence-electron chi connectivity index (χ3n) is 4.51. The first-order valence-corrected chi connectivity index (χ1v) is 8.31. The third kappa shape index (κ3) is 4.71. The van der Waals surface area contributed by atoms with Crippen LogP contribution in [0.1, 0.15) is 50.2 Å². The van der Waals surface area contributed by atoms with Crippen LogP contribution < -0.4 is 15.6 Å². The molecule has 1 saturated carbocycles. The van der Waals surface area contributed by atoms with E-state index in [1.807, 2.05) is 32.0 Å². The van der Waals surface area contributed by atoms with Gasteiger partial charge in [0.2, 0.25) is 5.91 Å². The van der Waals surface area contributed by atoms with Gasteiger partial charge in [-0.25, -0.2) is 0 Å². The Balaban J connectivity index is 1.82. The molecule has 0 spiro atoms. The maximum absolute atomic E-state index is 12.1. The lowest BCUT2D eigenvalue weighted by atomic mass is 9.89. The molecular formula is C18H26N2O3. The molecule has 0 bridgehead atoms. The predicted molar refractivity (Wildman–Crippen MR) is 88.9 cm³/mol. The number of rotatable bonds is 4. The zero-order valence-corrected chi connectivity index (χ0v) is 14.1. The second kappa shape index (κ2) is 7.99. The summed E-state index contributed by atoms with van der Waals surface area (Å²) in [7, 11) is 0. The van der Waals surface area contributed by atoms with E-state index in [0.717, 1.165) is 36.8 Å². The van der Waals surface area contributed by atoms with Crippen LogP contribution in [0.3, 0.4) is 0 Å². The van der Waals surface area contributed by atoms with Crippen LogP contribution in [0.4, 0.5) is 0 Å². The van der Waals surface area contributed by atoms with E-state index in [1.54, 1.807) is 6.92 Å². The molecule has 1 aliphatic rings. The summed E-state index contributed by atoms with van der Waals surface area (Å²) in [6, 6.07) is 5.73. The molecule has 5 heteroatoms. The molecule has 0 aromatic heterocycles. The van der Waals surface area contributed by atoms with E-state index in [-0.39, 0.29) is 17.7 Å². The highest BCUT2D eigenvalue weighted by molar-refractivity contribution is 5.85. The Morgan fingerprint density at radius 2 is 1.83 bits per heavy atom. The Labute approximate surface area is 137 Å². The molecule has 2 N–H and O–H groups in total. The normalized spacial score (nSPS) is 16.5. The highest BCUT2D eigenvalue weighted by atomic mass is 16.5. The number of aryl methyl sites for hydroxylation is 1. The van der Waals surface area contributed by atoms with E-state index in [1.165, 1.54) is 6.42 Å². The molecule has 0 unspecified atom stereocenters. The van der Waals surface area contributed by atoms with Crippen LogP contribution in [0.15, 0.2) is 18.2 Å². The van der Waals surface area contributed by atoms with Crippen molar-refractivity contribution in [3.05, 3.63) is 29.3 Å². The van der Waals surface area contributed by atoms with Crippen LogP contribution >= 0.6 is 0 Å². The van der Waals surface area contributed by atoms with Crippen molar-refractivity contribution in [1.29, 1.82) is 0 Å². The molecular weight excluding hydrogens is 292 g/mol. The zero-order chi connectivity index (χ0) is 16.8.